The number of hydrogen-bond acceptors (Lipinski definition) is 18. The molecule has 0 bridgehead atoms. The third-order valence-corrected chi connectivity index (χ3v) is 27.0. The van der Waals surface area contributed by atoms with E-state index in [1.54, 1.807) is 12.1 Å². The fourth-order valence-corrected chi connectivity index (χ4v) is 20.9. The summed E-state index contributed by atoms with van der Waals surface area (Å²) >= 11 is 0. The summed E-state index contributed by atoms with van der Waals surface area (Å²) < 4.78 is 86.5. The van der Waals surface area contributed by atoms with Gasteiger partial charge in [0.1, 0.15) is 41.5 Å². The van der Waals surface area contributed by atoms with Gasteiger partial charge in [-0.3, -0.25) is 4.90 Å². The molecule has 1 saturated heterocycles. The van der Waals surface area contributed by atoms with Crippen LogP contribution in [0, 0.1) is 34.5 Å². The van der Waals surface area contributed by atoms with Crippen LogP contribution in [0.15, 0.2) is 121 Å². The number of aliphatic hydroxyl groups is 6. The number of quaternary nitrogens is 2. The Morgan fingerprint density at radius 3 is 1.71 bits per heavy atom. The Morgan fingerprint density at radius 2 is 1.16 bits per heavy atom. The van der Waals surface area contributed by atoms with Gasteiger partial charge in [-0.2, -0.15) is 0 Å². The van der Waals surface area contributed by atoms with Crippen LogP contribution >= 0.6 is 0 Å². The molecule has 0 spiro atoms. The highest BCUT2D eigenvalue weighted by atomic mass is 32.2. The summed E-state index contributed by atoms with van der Waals surface area (Å²) in [6.07, 6.45) is 22.4. The van der Waals surface area contributed by atoms with Crippen molar-refractivity contribution in [1.82, 2.24) is 0 Å². The molecule has 20 nitrogen and oxygen atoms in total. The number of nitrogens with one attached hydrogen (secondary N) is 1. The van der Waals surface area contributed by atoms with Crippen LogP contribution in [0.2, 0.25) is 0 Å². The number of fused-ring (bicyclic) bond motifs is 12. The molecule has 4 aromatic carbocycles. The summed E-state index contributed by atoms with van der Waals surface area (Å²) in [5, 5.41) is 58.0. The average molecular weight is 1430 g/mol. The SMILES string of the molecule is CC1(C)/C(=C/C=C/C=C/C=C/C2[NH+](CCCCS(=O)(=O)[O-])c3ccc(C(=O)Oc4ccc5c(c4)CCC4C5CC[C@@]5(C)C4CC[C@@H]5O)cc3C2(C)C)N(CCCCS(=O)(=O)[O-])c2ccc(C(=O)Oc3ccc4c(c3)CCC3C4CC[C@@]4(C)C3CC[C@@H]4O)cc21.[NH3+]C1C(O)OC(CO)[C@@H](O)[C@H]1O. The first-order valence-electron chi connectivity index (χ1n) is 36.5. The Labute approximate surface area is 594 Å². The predicted octanol–water partition coefficient (Wildman–Crippen LogP) is 7.76. The lowest BCUT2D eigenvalue weighted by Gasteiger charge is -2.50. The van der Waals surface area contributed by atoms with Crippen molar-refractivity contribution in [3.8, 4) is 11.5 Å². The number of carbonyl (C=O) groups excluding carboxylic acids is 2. The van der Waals surface area contributed by atoms with Gasteiger partial charge in [-0.15, -0.1) is 0 Å². The van der Waals surface area contributed by atoms with E-state index < -0.39 is 91.8 Å². The summed E-state index contributed by atoms with van der Waals surface area (Å²) in [5.41, 5.74) is 13.1. The number of esters is 2. The number of rotatable bonds is 19. The second kappa shape index (κ2) is 29.5. The Bertz CT molecular complexity index is 4110. The minimum Gasteiger partial charge on any atom is -0.748 e. The molecule has 22 heteroatoms. The molecule has 10 N–H and O–H groups in total. The zero-order valence-electron chi connectivity index (χ0n) is 59.0. The van der Waals surface area contributed by atoms with Crippen LogP contribution in [0.25, 0.3) is 0 Å². The molecule has 6 aliphatic carbocycles. The average Bonchev–Trinajstić information content (AvgIpc) is 1.71. The van der Waals surface area contributed by atoms with Crippen molar-refractivity contribution in [2.24, 2.45) is 34.5 Å². The van der Waals surface area contributed by atoms with Crippen LogP contribution in [-0.4, -0.2) is 149 Å². The van der Waals surface area contributed by atoms with Gasteiger partial charge in [-0.1, -0.05) is 70.2 Å². The zero-order valence-corrected chi connectivity index (χ0v) is 60.7. The zero-order chi connectivity index (χ0) is 72.3. The monoisotopic (exact) mass is 1430 g/mol. The minimum atomic E-state index is -4.38. The second-order valence-electron chi connectivity index (χ2n) is 31.9. The van der Waals surface area contributed by atoms with Crippen LogP contribution in [0.5, 0.6) is 11.5 Å². The Balaban J connectivity index is 0.000000730. The van der Waals surface area contributed by atoms with Crippen molar-refractivity contribution < 1.29 is 91.0 Å². The van der Waals surface area contributed by atoms with E-state index >= 15 is 0 Å². The van der Waals surface area contributed by atoms with E-state index in [0.29, 0.717) is 84.1 Å². The van der Waals surface area contributed by atoms with Gasteiger partial charge in [0.25, 0.3) is 0 Å². The van der Waals surface area contributed by atoms with Crippen LogP contribution < -0.4 is 25.0 Å². The van der Waals surface area contributed by atoms with E-state index in [4.69, 9.17) is 24.4 Å². The predicted molar refractivity (Wildman–Crippen MR) is 379 cm³/mol. The van der Waals surface area contributed by atoms with Crippen molar-refractivity contribution in [2.75, 3.05) is 36.1 Å². The fraction of sp³-hybridized carbons (Fsp3) is 0.570. The highest BCUT2D eigenvalue weighted by Gasteiger charge is 2.57. The summed E-state index contributed by atoms with van der Waals surface area (Å²) in [5.74, 6) is 2.34. The molecule has 0 amide bonds. The summed E-state index contributed by atoms with van der Waals surface area (Å²) in [7, 11) is -8.75. The number of hydrogen-bond donors (Lipinski definition) is 8. The number of benzene rings is 4. The molecular weight excluding hydrogens is 1330 g/mol. The molecule has 4 aromatic rings. The van der Waals surface area contributed by atoms with Crippen LogP contribution in [-0.2, 0) is 48.6 Å². The topological polar surface area (TPSA) is 333 Å². The third kappa shape index (κ3) is 15.1. The molecule has 9 aliphatic rings. The maximum absolute atomic E-state index is 14.0. The number of aryl methyl sites for hydroxylation is 2. The van der Waals surface area contributed by atoms with Gasteiger partial charge in [-0.25, -0.2) is 26.4 Å². The molecule has 101 heavy (non-hydrogen) atoms. The molecule has 548 valence electrons. The van der Waals surface area contributed by atoms with E-state index in [-0.39, 0.29) is 41.9 Å². The first-order chi connectivity index (χ1) is 47.8. The smallest absolute Gasteiger partial charge is 0.343 e. The van der Waals surface area contributed by atoms with Gasteiger partial charge in [0.15, 0.2) is 6.04 Å². The van der Waals surface area contributed by atoms with Crippen LogP contribution in [0.1, 0.15) is 197 Å². The van der Waals surface area contributed by atoms with E-state index in [2.05, 4.69) is 70.4 Å². The highest BCUT2D eigenvalue weighted by molar-refractivity contribution is 7.85. The largest absolute Gasteiger partial charge is 0.748 e. The van der Waals surface area contributed by atoms with Gasteiger partial charge >= 0.3 is 11.9 Å². The van der Waals surface area contributed by atoms with Gasteiger partial charge in [0.05, 0.1) is 62.1 Å². The number of aliphatic hydroxyl groups excluding tert-OH is 6. The summed E-state index contributed by atoms with van der Waals surface area (Å²) in [4.78, 5) is 31.3. The molecular formula is C79H103N3O17S2. The van der Waals surface area contributed by atoms with E-state index in [1.807, 2.05) is 85.0 Å². The standard InChI is InChI=1S/C73H90N2O12S2.C6H13NO5/c1-70(2)60-44-48(68(78)86-50-22-26-52-46(42-50)18-24-56-54(52)34-36-72(5)58(56)28-32-66(72)76)20-30-62(60)74(38-12-14-40-88(80,81)82)64(70)16-10-8-7-9-11-17-65-71(3,4)61-45-49(21-31-63(61)75(65)39-13-15-41-89(83,84)85)69(79)87-51-23-27-53-47(43-51)19-25-57-55(53)35-37-73(6)59(57)29-33-67(73)77;7-3-5(10)4(9)2(1-8)12-6(3)11/h7-11,16-17,20-23,26-27,30-31,42-45,54-59,64,66-67,76-77H,12-15,18-19,24-25,28-29,32-41H2,1-6H3,(H,80,81,82)(H,83,84,85);2-6,8-11H,1,7H2/b8-7+,11-9+,16-10+,65-17-;/t54?,55?,56?,57?,58?,59?,64?,66-,67-,72-,73-;2?,3?,4-,5+,6?/m01/s1. The number of allylic oxidation sites excluding steroid dienone is 7. The first kappa shape index (κ1) is 74.7. The number of carbonyl (C=O) groups is 2. The molecule has 17 atom stereocenters. The van der Waals surface area contributed by atoms with Gasteiger partial charge in [0, 0.05) is 46.5 Å². The molecule has 11 unspecified atom stereocenters. The Kier molecular flexibility index (Phi) is 21.9. The van der Waals surface area contributed by atoms with E-state index in [9.17, 15) is 56.0 Å². The molecule has 3 aliphatic heterocycles. The third-order valence-electron chi connectivity index (χ3n) is 25.4. The maximum atomic E-state index is 14.0. The molecule has 4 saturated carbocycles. The quantitative estimate of drug-likeness (QED) is 0.0146. The van der Waals surface area contributed by atoms with E-state index in [0.717, 1.165) is 110 Å². The number of unbranched alkanes of at least 4 members (excludes halogenated alkanes) is 2. The van der Waals surface area contributed by atoms with Gasteiger partial charge < -0.3 is 64.6 Å². The van der Waals surface area contributed by atoms with Crippen LogP contribution in [0.4, 0.5) is 11.4 Å². The number of anilines is 1. The molecule has 3 heterocycles. The van der Waals surface area contributed by atoms with Crippen molar-refractivity contribution in [1.29, 1.82) is 0 Å². The molecule has 0 aromatic heterocycles. The van der Waals surface area contributed by atoms with Gasteiger partial charge in [-0.05, 0) is 257 Å². The lowest BCUT2D eigenvalue weighted by Crippen LogP contribution is -3.10. The normalized spacial score (nSPS) is 33.2. The second-order valence-corrected chi connectivity index (χ2v) is 34.9. The number of nitrogens with zero attached hydrogens (tertiary/aromatic N) is 1. The minimum absolute atomic E-state index is 0.00277. The fourth-order valence-electron chi connectivity index (χ4n) is 19.8. The summed E-state index contributed by atoms with van der Waals surface area (Å²) in [6.45, 7) is 13.6. The van der Waals surface area contributed by atoms with E-state index in [1.165, 1.54) is 22.3 Å². The highest BCUT2D eigenvalue weighted by Crippen LogP contribution is 2.63. The number of ether oxygens (including phenoxy) is 3. The maximum Gasteiger partial charge on any atom is 0.343 e. The van der Waals surface area contributed by atoms with Crippen LogP contribution in [0.3, 0.4) is 0 Å². The lowest BCUT2D eigenvalue weighted by atomic mass is 9.55. The van der Waals surface area contributed by atoms with Gasteiger partial charge in [0.2, 0.25) is 6.29 Å². The first-order valence-corrected chi connectivity index (χ1v) is 39.7. The van der Waals surface area contributed by atoms with Crippen molar-refractivity contribution >= 4 is 43.5 Å². The molecule has 13 rings (SSSR count). The summed E-state index contributed by atoms with van der Waals surface area (Å²) in [6, 6.07) is 22.6. The molecule has 5 fully saturated rings. The Hall–Kier alpha value is -5.96. The Morgan fingerprint density at radius 1 is 0.634 bits per heavy atom. The van der Waals surface area contributed by atoms with Crippen molar-refractivity contribution in [3.63, 3.8) is 0 Å². The lowest BCUT2D eigenvalue weighted by molar-refractivity contribution is -0.850. The van der Waals surface area contributed by atoms with Crippen molar-refractivity contribution in [3.05, 3.63) is 166 Å². The van der Waals surface area contributed by atoms with Crippen molar-refractivity contribution in [2.45, 2.75) is 216 Å². The molecule has 0 radical (unpaired) electrons.